The van der Waals surface area contributed by atoms with Crippen molar-refractivity contribution in [2.45, 2.75) is 76.5 Å². The predicted octanol–water partition coefficient (Wildman–Crippen LogP) is 8.28. The molecule has 250 valence electrons. The van der Waals surface area contributed by atoms with Crippen LogP contribution in [-0.4, -0.2) is 41.9 Å². The number of benzene rings is 4. The summed E-state index contributed by atoms with van der Waals surface area (Å²) in [5.41, 5.74) is 19.2. The van der Waals surface area contributed by atoms with E-state index in [0.29, 0.717) is 12.8 Å². The highest BCUT2D eigenvalue weighted by Gasteiger charge is 2.51. The highest BCUT2D eigenvalue weighted by Crippen LogP contribution is 2.38. The van der Waals surface area contributed by atoms with Crippen LogP contribution in [0.2, 0.25) is 10.1 Å². The lowest BCUT2D eigenvalue weighted by atomic mass is 10.1. The molecule has 0 fully saturated rings. The maximum absolute atomic E-state index is 9.59. The van der Waals surface area contributed by atoms with Gasteiger partial charge in [-0.05, 0) is 54.7 Å². The quantitative estimate of drug-likeness (QED) is 0.0546. The smallest absolute Gasteiger partial charge is 0.261 e. The first-order valence-electron chi connectivity index (χ1n) is 16.6. The van der Waals surface area contributed by atoms with Crippen molar-refractivity contribution in [1.29, 1.82) is 0 Å². The Kier molecular flexibility index (Phi) is 12.5. The highest BCUT2D eigenvalue weighted by molar-refractivity contribution is 7.00. The number of azide groups is 2. The fourth-order valence-electron chi connectivity index (χ4n) is 6.85. The minimum atomic E-state index is -2.83. The summed E-state index contributed by atoms with van der Waals surface area (Å²) in [6.45, 7) is 13.8. The van der Waals surface area contributed by atoms with Crippen LogP contribution in [0.1, 0.15) is 54.4 Å². The van der Waals surface area contributed by atoms with Gasteiger partial charge in [0.2, 0.25) is 0 Å². The Morgan fingerprint density at radius 1 is 0.500 bits per heavy atom. The maximum atomic E-state index is 9.59. The summed E-state index contributed by atoms with van der Waals surface area (Å²) in [6.07, 6.45) is 0.964. The van der Waals surface area contributed by atoms with E-state index in [1.807, 2.05) is 24.3 Å². The first-order valence-corrected chi connectivity index (χ1v) is 20.4. The minimum Gasteiger partial charge on any atom is -0.407 e. The molecule has 0 radical (unpaired) electrons. The molecule has 0 saturated carbocycles. The summed E-state index contributed by atoms with van der Waals surface area (Å²) in [4.78, 5) is 6.40. The van der Waals surface area contributed by atoms with E-state index in [-0.39, 0.29) is 23.3 Å². The van der Waals surface area contributed by atoms with Crippen LogP contribution in [0, 0.1) is 0 Å². The number of hydrogen-bond acceptors (Lipinski definition) is 4. The third-order valence-corrected chi connectivity index (χ3v) is 19.1. The molecular formula is C38H48N6O2Si2. The average Bonchev–Trinajstić information content (AvgIpc) is 3.08. The van der Waals surface area contributed by atoms with E-state index in [1.54, 1.807) is 0 Å². The molecule has 4 aromatic rings. The third-order valence-electron chi connectivity index (χ3n) is 9.08. The van der Waals surface area contributed by atoms with E-state index in [4.69, 9.17) is 8.85 Å². The molecule has 0 saturated heterocycles. The Balaban J connectivity index is 1.61. The molecule has 4 rings (SSSR count). The number of rotatable bonds is 15. The van der Waals surface area contributed by atoms with Crippen molar-refractivity contribution in [2.24, 2.45) is 10.2 Å². The van der Waals surface area contributed by atoms with Gasteiger partial charge in [0.05, 0.1) is 12.1 Å². The molecule has 0 aliphatic carbocycles. The van der Waals surface area contributed by atoms with Crippen LogP contribution >= 0.6 is 0 Å². The fourth-order valence-corrected chi connectivity index (χ4v) is 16.0. The molecule has 2 atom stereocenters. The first kappa shape index (κ1) is 36.7. The van der Waals surface area contributed by atoms with E-state index in [1.165, 1.54) is 0 Å². The molecule has 8 nitrogen and oxygen atoms in total. The molecule has 0 N–H and O–H groups in total. The number of nitrogens with zero attached hydrogens (tertiary/aromatic N) is 6. The molecule has 4 aromatic carbocycles. The van der Waals surface area contributed by atoms with Gasteiger partial charge in [-0.25, -0.2) is 0 Å². The van der Waals surface area contributed by atoms with E-state index in [0.717, 1.165) is 20.7 Å². The molecule has 0 bridgehead atoms. The van der Waals surface area contributed by atoms with Crippen molar-refractivity contribution >= 4 is 37.4 Å². The van der Waals surface area contributed by atoms with Crippen molar-refractivity contribution in [1.82, 2.24) is 0 Å². The van der Waals surface area contributed by atoms with E-state index in [2.05, 4.69) is 159 Å². The van der Waals surface area contributed by atoms with E-state index >= 15 is 0 Å². The Bertz CT molecular complexity index is 1460. The highest BCUT2D eigenvalue weighted by atomic mass is 28.4. The second kappa shape index (κ2) is 16.3. The molecule has 10 heteroatoms. The zero-order valence-corrected chi connectivity index (χ0v) is 31.0. The van der Waals surface area contributed by atoms with Gasteiger partial charge in [-0.15, -0.1) is 0 Å². The van der Waals surface area contributed by atoms with Crippen LogP contribution in [0.15, 0.2) is 132 Å². The summed E-state index contributed by atoms with van der Waals surface area (Å²) in [5, 5.41) is 12.6. The van der Waals surface area contributed by atoms with Gasteiger partial charge in [-0.1, -0.05) is 173 Å². The molecule has 0 aliphatic heterocycles. The fraction of sp³-hybridized carbons (Fsp3) is 0.368. The molecule has 0 unspecified atom stereocenters. The summed E-state index contributed by atoms with van der Waals surface area (Å²) < 4.78 is 14.2. The normalized spacial score (nSPS) is 13.5. The zero-order valence-electron chi connectivity index (χ0n) is 29.0. The minimum absolute atomic E-state index is 0.214. The summed E-state index contributed by atoms with van der Waals surface area (Å²) in [6, 6.07) is 40.7. The van der Waals surface area contributed by atoms with Gasteiger partial charge in [0, 0.05) is 23.0 Å². The van der Waals surface area contributed by atoms with Crippen molar-refractivity contribution in [3.63, 3.8) is 0 Å². The molecule has 0 aromatic heterocycles. The Labute approximate surface area is 287 Å². The standard InChI is InChI=1S/C38H48N6O2Si2/c1-37(2,3)47(33-19-11-7-12-20-33,34-21-13-8-14-22-34)45-29-31(41-43-39)27-28-32(42-44-40)30-46-48(38(4,5)6,35-23-15-9-16-24-35)36-25-17-10-18-26-36/h7-26,31-32H,27-30H2,1-6H3/t31-,32-/m1/s1. The van der Waals surface area contributed by atoms with Crippen molar-refractivity contribution in [3.8, 4) is 0 Å². The molecule has 0 amide bonds. The van der Waals surface area contributed by atoms with Gasteiger partial charge in [0.25, 0.3) is 16.6 Å². The van der Waals surface area contributed by atoms with E-state index in [9.17, 15) is 11.1 Å². The zero-order chi connectivity index (χ0) is 34.7. The van der Waals surface area contributed by atoms with Gasteiger partial charge >= 0.3 is 0 Å². The summed E-state index contributed by atoms with van der Waals surface area (Å²) in [7, 11) is -5.67. The first-order chi connectivity index (χ1) is 23.0. The van der Waals surface area contributed by atoms with Crippen LogP contribution in [-0.2, 0) is 8.85 Å². The second-order valence-corrected chi connectivity index (χ2v) is 22.9. The van der Waals surface area contributed by atoms with Crippen LogP contribution in [0.5, 0.6) is 0 Å². The predicted molar refractivity (Wildman–Crippen MR) is 202 cm³/mol. The lowest BCUT2D eigenvalue weighted by molar-refractivity contribution is 0.242. The van der Waals surface area contributed by atoms with Crippen molar-refractivity contribution < 1.29 is 8.85 Å². The topological polar surface area (TPSA) is 116 Å². The average molecular weight is 677 g/mol. The molecule has 48 heavy (non-hydrogen) atoms. The second-order valence-electron chi connectivity index (χ2n) is 14.2. The third kappa shape index (κ3) is 8.10. The maximum Gasteiger partial charge on any atom is 0.261 e. The summed E-state index contributed by atoms with van der Waals surface area (Å²) >= 11 is 0. The SMILES string of the molecule is CC(C)(C)[Si](OC[C@@H](CC[C@H](CO[Si](c1ccccc1)(c1ccccc1)C(C)(C)C)N=[N+]=[N-])N=[N+]=[N-])(c1ccccc1)c1ccccc1. The van der Waals surface area contributed by atoms with Gasteiger partial charge in [0.1, 0.15) is 0 Å². The van der Waals surface area contributed by atoms with Crippen LogP contribution in [0.3, 0.4) is 0 Å². The van der Waals surface area contributed by atoms with Crippen LogP contribution in [0.4, 0.5) is 0 Å². The van der Waals surface area contributed by atoms with Gasteiger partial charge < -0.3 is 8.85 Å². The molecule has 0 spiro atoms. The van der Waals surface area contributed by atoms with Gasteiger partial charge in [-0.2, -0.15) is 0 Å². The number of hydrogen-bond donors (Lipinski definition) is 0. The van der Waals surface area contributed by atoms with Crippen LogP contribution < -0.4 is 20.7 Å². The lowest BCUT2D eigenvalue weighted by Crippen LogP contribution is -2.67. The van der Waals surface area contributed by atoms with Gasteiger partial charge in [-0.3, -0.25) is 0 Å². The molecule has 0 aliphatic rings. The van der Waals surface area contributed by atoms with Crippen LogP contribution in [0.25, 0.3) is 20.9 Å². The Hall–Kier alpha value is -4.15. The Morgan fingerprint density at radius 3 is 0.958 bits per heavy atom. The summed E-state index contributed by atoms with van der Waals surface area (Å²) in [5.74, 6) is 0. The monoisotopic (exact) mass is 676 g/mol. The Morgan fingerprint density at radius 2 is 0.750 bits per heavy atom. The van der Waals surface area contributed by atoms with E-state index < -0.39 is 28.7 Å². The lowest BCUT2D eigenvalue weighted by Gasteiger charge is -2.44. The molecular weight excluding hydrogens is 629 g/mol. The molecule has 0 heterocycles. The van der Waals surface area contributed by atoms with Crippen molar-refractivity contribution in [3.05, 3.63) is 142 Å². The van der Waals surface area contributed by atoms with Gasteiger partial charge in [0.15, 0.2) is 0 Å². The largest absolute Gasteiger partial charge is 0.407 e. The van der Waals surface area contributed by atoms with Crippen molar-refractivity contribution in [2.75, 3.05) is 13.2 Å².